The average molecular weight is 378 g/mol. The number of rotatable bonds is 6. The maximum atomic E-state index is 12.2. The van der Waals surface area contributed by atoms with E-state index in [1.54, 1.807) is 31.0 Å². The number of hydrogen-bond acceptors (Lipinski definition) is 6. The zero-order chi connectivity index (χ0) is 17.8. The van der Waals surface area contributed by atoms with Crippen molar-refractivity contribution in [2.75, 3.05) is 13.7 Å². The molecule has 0 fully saturated rings. The third kappa shape index (κ3) is 4.58. The van der Waals surface area contributed by atoms with Gasteiger partial charge in [-0.3, -0.25) is 4.79 Å². The molecule has 0 aliphatic heterocycles. The van der Waals surface area contributed by atoms with Crippen LogP contribution in [-0.2, 0) is 11.3 Å². The Labute approximate surface area is 154 Å². The van der Waals surface area contributed by atoms with Crippen molar-refractivity contribution in [1.29, 1.82) is 0 Å². The third-order valence-electron chi connectivity index (χ3n) is 3.45. The van der Waals surface area contributed by atoms with Gasteiger partial charge in [0, 0.05) is 24.4 Å². The van der Waals surface area contributed by atoms with Crippen LogP contribution in [0.15, 0.2) is 40.9 Å². The van der Waals surface area contributed by atoms with E-state index in [-0.39, 0.29) is 12.5 Å². The largest absolute Gasteiger partial charge is 0.484 e. The van der Waals surface area contributed by atoms with E-state index in [9.17, 15) is 4.79 Å². The lowest BCUT2D eigenvalue weighted by Crippen LogP contribution is -2.30. The Morgan fingerprint density at radius 1 is 1.28 bits per heavy atom. The summed E-state index contributed by atoms with van der Waals surface area (Å²) in [6.07, 6.45) is 0. The van der Waals surface area contributed by atoms with Crippen molar-refractivity contribution < 1.29 is 14.1 Å². The zero-order valence-electron chi connectivity index (χ0n) is 13.7. The van der Waals surface area contributed by atoms with Crippen molar-refractivity contribution in [3.63, 3.8) is 0 Å². The number of amides is 1. The first-order valence-electron chi connectivity index (χ1n) is 7.53. The third-order valence-corrected chi connectivity index (χ3v) is 4.67. The van der Waals surface area contributed by atoms with Crippen LogP contribution < -0.4 is 4.74 Å². The number of halogens is 1. The predicted octanol–water partition coefficient (Wildman–Crippen LogP) is 3.80. The Balaban J connectivity index is 1.53. The summed E-state index contributed by atoms with van der Waals surface area (Å²) >= 11 is 7.36. The first-order chi connectivity index (χ1) is 12.0. The smallest absolute Gasteiger partial charge is 0.260 e. The van der Waals surface area contributed by atoms with Gasteiger partial charge in [0.25, 0.3) is 5.91 Å². The molecule has 1 aromatic carbocycles. The molecule has 0 N–H and O–H groups in total. The highest BCUT2D eigenvalue weighted by Crippen LogP contribution is 2.23. The number of ether oxygens (including phenoxy) is 1. The summed E-state index contributed by atoms with van der Waals surface area (Å²) in [5.74, 6) is 1.53. The standard InChI is InChI=1S/C17H16ClN3O3S/c1-11-19-17(20-24-11)12-3-5-13(6-4-12)23-10-16(22)21(2)9-14-7-8-15(18)25-14/h3-8H,9-10H2,1-2H3. The number of thiophene rings is 1. The summed E-state index contributed by atoms with van der Waals surface area (Å²) in [5.41, 5.74) is 0.821. The quantitative estimate of drug-likeness (QED) is 0.653. The number of hydrogen-bond donors (Lipinski definition) is 0. The van der Waals surface area contributed by atoms with Gasteiger partial charge in [-0.2, -0.15) is 4.98 Å². The number of aryl methyl sites for hydroxylation is 1. The maximum Gasteiger partial charge on any atom is 0.260 e. The van der Waals surface area contributed by atoms with Gasteiger partial charge in [0.05, 0.1) is 10.9 Å². The lowest BCUT2D eigenvalue weighted by molar-refractivity contribution is -0.132. The predicted molar refractivity (Wildman–Crippen MR) is 95.8 cm³/mol. The summed E-state index contributed by atoms with van der Waals surface area (Å²) < 4.78 is 11.2. The van der Waals surface area contributed by atoms with E-state index in [0.717, 1.165) is 10.4 Å². The van der Waals surface area contributed by atoms with Crippen LogP contribution in [0.1, 0.15) is 10.8 Å². The molecule has 0 saturated carbocycles. The van der Waals surface area contributed by atoms with Gasteiger partial charge in [0.2, 0.25) is 11.7 Å². The van der Waals surface area contributed by atoms with E-state index in [4.69, 9.17) is 20.9 Å². The average Bonchev–Trinajstić information content (AvgIpc) is 3.21. The molecule has 8 heteroatoms. The molecule has 1 amide bonds. The van der Waals surface area contributed by atoms with E-state index in [1.165, 1.54) is 11.3 Å². The Hall–Kier alpha value is -2.38. The lowest BCUT2D eigenvalue weighted by Gasteiger charge is -2.16. The lowest BCUT2D eigenvalue weighted by atomic mass is 10.2. The van der Waals surface area contributed by atoms with E-state index in [1.807, 2.05) is 24.3 Å². The van der Waals surface area contributed by atoms with Gasteiger partial charge >= 0.3 is 0 Å². The molecule has 0 radical (unpaired) electrons. The van der Waals surface area contributed by atoms with Crippen LogP contribution in [0, 0.1) is 6.92 Å². The minimum Gasteiger partial charge on any atom is -0.484 e. The van der Waals surface area contributed by atoms with Gasteiger partial charge in [0.15, 0.2) is 6.61 Å². The highest BCUT2D eigenvalue weighted by molar-refractivity contribution is 7.16. The Kier molecular flexibility index (Phi) is 5.35. The fourth-order valence-electron chi connectivity index (χ4n) is 2.13. The van der Waals surface area contributed by atoms with Gasteiger partial charge in [-0.1, -0.05) is 16.8 Å². The van der Waals surface area contributed by atoms with E-state index in [0.29, 0.717) is 28.3 Å². The second-order valence-corrected chi connectivity index (χ2v) is 7.21. The molecule has 0 atom stereocenters. The van der Waals surface area contributed by atoms with Crippen molar-refractivity contribution in [2.24, 2.45) is 0 Å². The number of nitrogens with zero attached hydrogens (tertiary/aromatic N) is 3. The maximum absolute atomic E-state index is 12.2. The summed E-state index contributed by atoms with van der Waals surface area (Å²) in [7, 11) is 1.74. The first-order valence-corrected chi connectivity index (χ1v) is 8.72. The van der Waals surface area contributed by atoms with Gasteiger partial charge in [-0.25, -0.2) is 0 Å². The first kappa shape index (κ1) is 17.4. The molecule has 0 spiro atoms. The van der Waals surface area contributed by atoms with Gasteiger partial charge in [0.1, 0.15) is 5.75 Å². The molecule has 2 aromatic heterocycles. The van der Waals surface area contributed by atoms with Crippen molar-refractivity contribution >= 4 is 28.8 Å². The van der Waals surface area contributed by atoms with Gasteiger partial charge in [-0.15, -0.1) is 11.3 Å². The molecule has 0 bridgehead atoms. The van der Waals surface area contributed by atoms with Crippen LogP contribution in [-0.4, -0.2) is 34.6 Å². The van der Waals surface area contributed by atoms with Crippen LogP contribution in [0.3, 0.4) is 0 Å². The van der Waals surface area contributed by atoms with Crippen LogP contribution in [0.5, 0.6) is 5.75 Å². The molecule has 0 aliphatic carbocycles. The SMILES string of the molecule is Cc1nc(-c2ccc(OCC(=O)N(C)Cc3ccc(Cl)s3)cc2)no1. The van der Waals surface area contributed by atoms with Crippen molar-refractivity contribution in [2.45, 2.75) is 13.5 Å². The number of carbonyl (C=O) groups is 1. The Morgan fingerprint density at radius 2 is 2.04 bits per heavy atom. The number of carbonyl (C=O) groups excluding carboxylic acids is 1. The summed E-state index contributed by atoms with van der Waals surface area (Å²) in [5, 5.41) is 3.86. The van der Waals surface area contributed by atoms with Crippen molar-refractivity contribution in [1.82, 2.24) is 15.0 Å². The molecule has 0 unspecified atom stereocenters. The van der Waals surface area contributed by atoms with Crippen LogP contribution in [0.25, 0.3) is 11.4 Å². The molecule has 0 saturated heterocycles. The molecule has 130 valence electrons. The Morgan fingerprint density at radius 3 is 2.64 bits per heavy atom. The molecular formula is C17H16ClN3O3S. The molecular weight excluding hydrogens is 362 g/mol. The van der Waals surface area contributed by atoms with Crippen molar-refractivity contribution in [3.05, 3.63) is 51.5 Å². The fourth-order valence-corrected chi connectivity index (χ4v) is 3.27. The number of likely N-dealkylation sites (N-methyl/N-ethyl adjacent to an activating group) is 1. The minimum absolute atomic E-state index is 0.0315. The second-order valence-electron chi connectivity index (χ2n) is 5.41. The summed E-state index contributed by atoms with van der Waals surface area (Å²) in [6.45, 7) is 2.21. The van der Waals surface area contributed by atoms with Crippen LogP contribution in [0.4, 0.5) is 0 Å². The minimum atomic E-state index is -0.109. The molecule has 3 aromatic rings. The summed E-state index contributed by atoms with van der Waals surface area (Å²) in [6, 6.07) is 10.9. The normalized spacial score (nSPS) is 10.7. The molecule has 2 heterocycles. The molecule has 6 nitrogen and oxygen atoms in total. The fraction of sp³-hybridized carbons (Fsp3) is 0.235. The zero-order valence-corrected chi connectivity index (χ0v) is 15.3. The van der Waals surface area contributed by atoms with E-state index < -0.39 is 0 Å². The topological polar surface area (TPSA) is 68.5 Å². The number of aromatic nitrogens is 2. The van der Waals surface area contributed by atoms with Crippen LogP contribution in [0.2, 0.25) is 4.34 Å². The van der Waals surface area contributed by atoms with E-state index >= 15 is 0 Å². The second kappa shape index (κ2) is 7.67. The van der Waals surface area contributed by atoms with Crippen LogP contribution >= 0.6 is 22.9 Å². The Bertz CT molecular complexity index is 860. The van der Waals surface area contributed by atoms with Gasteiger partial charge in [-0.05, 0) is 36.4 Å². The summed E-state index contributed by atoms with van der Waals surface area (Å²) in [4.78, 5) is 19.0. The highest BCUT2D eigenvalue weighted by atomic mass is 35.5. The molecule has 25 heavy (non-hydrogen) atoms. The highest BCUT2D eigenvalue weighted by Gasteiger charge is 2.12. The molecule has 0 aliphatic rings. The monoisotopic (exact) mass is 377 g/mol. The van der Waals surface area contributed by atoms with Crippen molar-refractivity contribution in [3.8, 4) is 17.1 Å². The molecule has 3 rings (SSSR count). The van der Waals surface area contributed by atoms with Gasteiger partial charge < -0.3 is 14.2 Å². The van der Waals surface area contributed by atoms with E-state index in [2.05, 4.69) is 10.1 Å². The number of benzene rings is 1.